The molecular weight excluding hydrogens is 212 g/mol. The van der Waals surface area contributed by atoms with Gasteiger partial charge in [0.05, 0.1) is 0 Å². The molecule has 0 radical (unpaired) electrons. The molecule has 0 spiro atoms. The van der Waals surface area contributed by atoms with Crippen LogP contribution in [0.15, 0.2) is 18.2 Å². The third-order valence-corrected chi connectivity index (χ3v) is 1.77. The molecule has 0 heterocycles. The molecule has 0 atom stereocenters. The van der Waals surface area contributed by atoms with Gasteiger partial charge >= 0.3 is 6.36 Å². The summed E-state index contributed by atoms with van der Waals surface area (Å²) in [4.78, 5) is 0. The highest BCUT2D eigenvalue weighted by Gasteiger charge is 2.32. The molecule has 1 nitrogen and oxygen atoms in total. The number of ether oxygens (including phenoxy) is 1. The summed E-state index contributed by atoms with van der Waals surface area (Å²) in [6.45, 7) is 1.82. The number of hydrogen-bond acceptors (Lipinski definition) is 1. The molecule has 0 N–H and O–H groups in total. The van der Waals surface area contributed by atoms with Gasteiger partial charge in [0.25, 0.3) is 0 Å². The van der Waals surface area contributed by atoms with Crippen LogP contribution < -0.4 is 4.74 Å². The standard InChI is InChI=1S/C10H10F4O/c1-2-3-7-4-5-8(11)6-9(7)15-10(12,13)14/h4-6H,2-3H2,1H3. The summed E-state index contributed by atoms with van der Waals surface area (Å²) in [5, 5.41) is 0. The van der Waals surface area contributed by atoms with E-state index in [1.54, 1.807) is 0 Å². The molecule has 0 saturated heterocycles. The number of aryl methyl sites for hydroxylation is 1. The molecule has 15 heavy (non-hydrogen) atoms. The van der Waals surface area contributed by atoms with E-state index >= 15 is 0 Å². The quantitative estimate of drug-likeness (QED) is 0.709. The maximum Gasteiger partial charge on any atom is 0.573 e. The number of alkyl halides is 3. The highest BCUT2D eigenvalue weighted by atomic mass is 19.4. The van der Waals surface area contributed by atoms with Crippen molar-refractivity contribution in [2.75, 3.05) is 0 Å². The minimum absolute atomic E-state index is 0.358. The summed E-state index contributed by atoms with van der Waals surface area (Å²) in [5.74, 6) is -1.20. The van der Waals surface area contributed by atoms with Crippen molar-refractivity contribution in [3.05, 3.63) is 29.6 Å². The van der Waals surface area contributed by atoms with Crippen molar-refractivity contribution < 1.29 is 22.3 Å². The van der Waals surface area contributed by atoms with Crippen LogP contribution >= 0.6 is 0 Å². The Balaban J connectivity index is 2.96. The highest BCUT2D eigenvalue weighted by Crippen LogP contribution is 2.27. The highest BCUT2D eigenvalue weighted by molar-refractivity contribution is 5.34. The van der Waals surface area contributed by atoms with Crippen LogP contribution in [0, 0.1) is 5.82 Å². The van der Waals surface area contributed by atoms with Gasteiger partial charge in [-0.3, -0.25) is 0 Å². The second-order valence-electron chi connectivity index (χ2n) is 3.05. The molecule has 1 aromatic rings. The Morgan fingerprint density at radius 3 is 2.47 bits per heavy atom. The maximum absolute atomic E-state index is 12.7. The van der Waals surface area contributed by atoms with Crippen LogP contribution in [0.3, 0.4) is 0 Å². The lowest BCUT2D eigenvalue weighted by atomic mass is 10.1. The molecule has 0 saturated carbocycles. The van der Waals surface area contributed by atoms with Crippen LogP contribution in [0.5, 0.6) is 5.75 Å². The van der Waals surface area contributed by atoms with Crippen molar-refractivity contribution in [2.45, 2.75) is 26.1 Å². The average molecular weight is 222 g/mol. The summed E-state index contributed by atoms with van der Waals surface area (Å²) in [6, 6.07) is 3.17. The van der Waals surface area contributed by atoms with Crippen LogP contribution in [0.1, 0.15) is 18.9 Å². The van der Waals surface area contributed by atoms with Crippen LogP contribution in [0.4, 0.5) is 17.6 Å². The summed E-state index contributed by atoms with van der Waals surface area (Å²) in [6.07, 6.45) is -3.69. The molecule has 1 aromatic carbocycles. The maximum atomic E-state index is 12.7. The predicted molar refractivity (Wildman–Crippen MR) is 47.1 cm³/mol. The first-order valence-corrected chi connectivity index (χ1v) is 4.46. The van der Waals surface area contributed by atoms with Crippen LogP contribution in [-0.2, 0) is 6.42 Å². The second kappa shape index (κ2) is 4.51. The number of benzene rings is 1. The molecule has 0 bridgehead atoms. The Hall–Kier alpha value is -1.26. The first-order valence-electron chi connectivity index (χ1n) is 4.46. The summed E-state index contributed by atoms with van der Waals surface area (Å²) >= 11 is 0. The third-order valence-electron chi connectivity index (χ3n) is 1.77. The summed E-state index contributed by atoms with van der Waals surface area (Å²) in [7, 11) is 0. The van der Waals surface area contributed by atoms with Gasteiger partial charge in [-0.25, -0.2) is 4.39 Å². The normalized spacial score (nSPS) is 11.5. The fourth-order valence-electron chi connectivity index (χ4n) is 1.22. The smallest absolute Gasteiger partial charge is 0.405 e. The van der Waals surface area contributed by atoms with Crippen molar-refractivity contribution >= 4 is 0 Å². The molecule has 5 heteroatoms. The zero-order chi connectivity index (χ0) is 11.5. The summed E-state index contributed by atoms with van der Waals surface area (Å²) < 4.78 is 52.3. The Bertz CT molecular complexity index is 333. The number of halogens is 4. The van der Waals surface area contributed by atoms with Crippen molar-refractivity contribution in [2.24, 2.45) is 0 Å². The average Bonchev–Trinajstić information content (AvgIpc) is 2.07. The monoisotopic (exact) mass is 222 g/mol. The van der Waals surface area contributed by atoms with E-state index in [-0.39, 0.29) is 0 Å². The molecule has 0 amide bonds. The van der Waals surface area contributed by atoms with Crippen LogP contribution in [-0.4, -0.2) is 6.36 Å². The molecule has 0 fully saturated rings. The zero-order valence-electron chi connectivity index (χ0n) is 8.07. The van der Waals surface area contributed by atoms with E-state index in [4.69, 9.17) is 0 Å². The van der Waals surface area contributed by atoms with E-state index in [9.17, 15) is 17.6 Å². The predicted octanol–water partition coefficient (Wildman–Crippen LogP) is 3.68. The van der Waals surface area contributed by atoms with Gasteiger partial charge in [0.15, 0.2) is 0 Å². The van der Waals surface area contributed by atoms with Gasteiger partial charge in [-0.15, -0.1) is 13.2 Å². The topological polar surface area (TPSA) is 9.23 Å². The van der Waals surface area contributed by atoms with Crippen LogP contribution in [0.25, 0.3) is 0 Å². The zero-order valence-corrected chi connectivity index (χ0v) is 8.07. The fraction of sp³-hybridized carbons (Fsp3) is 0.400. The van der Waals surface area contributed by atoms with Crippen molar-refractivity contribution in [1.82, 2.24) is 0 Å². The lowest BCUT2D eigenvalue weighted by molar-refractivity contribution is -0.275. The minimum atomic E-state index is -4.78. The SMILES string of the molecule is CCCc1ccc(F)cc1OC(F)(F)F. The van der Waals surface area contributed by atoms with E-state index in [2.05, 4.69) is 4.74 Å². The van der Waals surface area contributed by atoms with Crippen LogP contribution in [0.2, 0.25) is 0 Å². The van der Waals surface area contributed by atoms with Crippen molar-refractivity contribution in [3.8, 4) is 5.75 Å². The summed E-state index contributed by atoms with van der Waals surface area (Å²) in [5.41, 5.74) is 0.358. The Morgan fingerprint density at radius 2 is 1.93 bits per heavy atom. The number of rotatable bonds is 3. The first-order chi connectivity index (χ1) is 6.92. The molecular formula is C10H10F4O. The minimum Gasteiger partial charge on any atom is -0.405 e. The van der Waals surface area contributed by atoms with Gasteiger partial charge in [-0.2, -0.15) is 0 Å². The Morgan fingerprint density at radius 1 is 1.27 bits per heavy atom. The molecule has 1 rings (SSSR count). The van der Waals surface area contributed by atoms with E-state index in [1.807, 2.05) is 6.92 Å². The number of hydrogen-bond donors (Lipinski definition) is 0. The van der Waals surface area contributed by atoms with Crippen molar-refractivity contribution in [3.63, 3.8) is 0 Å². The molecule has 0 unspecified atom stereocenters. The molecule has 0 aliphatic rings. The lowest BCUT2D eigenvalue weighted by Gasteiger charge is -2.12. The van der Waals surface area contributed by atoms with E-state index in [1.165, 1.54) is 6.07 Å². The van der Waals surface area contributed by atoms with Gasteiger partial charge in [0.1, 0.15) is 11.6 Å². The molecule has 0 aliphatic heterocycles. The Labute approximate surface area is 84.7 Å². The third kappa shape index (κ3) is 3.77. The Kier molecular flexibility index (Phi) is 3.55. The van der Waals surface area contributed by atoms with Gasteiger partial charge in [-0.1, -0.05) is 19.4 Å². The first kappa shape index (κ1) is 11.8. The van der Waals surface area contributed by atoms with Gasteiger partial charge in [0.2, 0.25) is 0 Å². The van der Waals surface area contributed by atoms with E-state index < -0.39 is 17.9 Å². The molecule has 84 valence electrons. The van der Waals surface area contributed by atoms with E-state index in [0.29, 0.717) is 18.4 Å². The van der Waals surface area contributed by atoms with Gasteiger partial charge in [0, 0.05) is 6.07 Å². The fourth-order valence-corrected chi connectivity index (χ4v) is 1.22. The van der Waals surface area contributed by atoms with E-state index in [0.717, 1.165) is 12.1 Å². The molecule has 0 aliphatic carbocycles. The second-order valence-corrected chi connectivity index (χ2v) is 3.05. The van der Waals surface area contributed by atoms with Crippen molar-refractivity contribution in [1.29, 1.82) is 0 Å². The lowest BCUT2D eigenvalue weighted by Crippen LogP contribution is -2.18. The van der Waals surface area contributed by atoms with Gasteiger partial charge < -0.3 is 4.74 Å². The van der Waals surface area contributed by atoms with Gasteiger partial charge in [-0.05, 0) is 18.1 Å². The largest absolute Gasteiger partial charge is 0.573 e. The molecule has 0 aromatic heterocycles.